The Morgan fingerprint density at radius 3 is 2.93 bits per heavy atom. The zero-order valence-electron chi connectivity index (χ0n) is 16.1. The van der Waals surface area contributed by atoms with Crippen LogP contribution in [0, 0.1) is 6.92 Å². The Hall–Kier alpha value is -2.45. The standard InChI is InChI=1S/C21H21N5OS2/c1-12-6-5-7-13(10-12)19-25-26-21(27-19)28-11-16-23-18(22)17-14-8-3-2-4-9-15(14)29-20(17)24-16/h5-7,10H,2-4,8-9,11H2,1H3,(H2,22,23,24). The van der Waals surface area contributed by atoms with Crippen LogP contribution >= 0.6 is 23.1 Å². The molecule has 148 valence electrons. The van der Waals surface area contributed by atoms with Gasteiger partial charge in [-0.1, -0.05) is 35.9 Å². The van der Waals surface area contributed by atoms with Gasteiger partial charge in [0.2, 0.25) is 5.89 Å². The van der Waals surface area contributed by atoms with E-state index >= 15 is 0 Å². The lowest BCUT2D eigenvalue weighted by Gasteiger charge is -2.03. The van der Waals surface area contributed by atoms with Crippen molar-refractivity contribution in [2.45, 2.75) is 50.0 Å². The van der Waals surface area contributed by atoms with E-state index in [0.29, 0.717) is 28.5 Å². The van der Waals surface area contributed by atoms with E-state index in [2.05, 4.69) is 15.2 Å². The summed E-state index contributed by atoms with van der Waals surface area (Å²) in [5.41, 5.74) is 9.79. The summed E-state index contributed by atoms with van der Waals surface area (Å²) in [4.78, 5) is 11.8. The number of aryl methyl sites for hydroxylation is 3. The first-order valence-corrected chi connectivity index (χ1v) is 11.6. The Kier molecular flexibility index (Phi) is 4.97. The molecule has 29 heavy (non-hydrogen) atoms. The van der Waals surface area contributed by atoms with Crippen LogP contribution in [0.4, 0.5) is 5.82 Å². The Labute approximate surface area is 177 Å². The number of nitrogens with zero attached hydrogens (tertiary/aromatic N) is 4. The van der Waals surface area contributed by atoms with Crippen molar-refractivity contribution < 1.29 is 4.42 Å². The largest absolute Gasteiger partial charge is 0.411 e. The summed E-state index contributed by atoms with van der Waals surface area (Å²) < 4.78 is 5.80. The molecule has 3 aromatic heterocycles. The van der Waals surface area contributed by atoms with E-state index < -0.39 is 0 Å². The van der Waals surface area contributed by atoms with Crippen molar-refractivity contribution in [3.8, 4) is 11.5 Å². The number of aromatic nitrogens is 4. The van der Waals surface area contributed by atoms with E-state index in [1.807, 2.05) is 31.2 Å². The van der Waals surface area contributed by atoms with Gasteiger partial charge in [-0.2, -0.15) is 0 Å². The molecule has 3 heterocycles. The Morgan fingerprint density at radius 1 is 1.14 bits per heavy atom. The molecule has 0 radical (unpaired) electrons. The molecule has 1 aliphatic rings. The van der Waals surface area contributed by atoms with Gasteiger partial charge >= 0.3 is 0 Å². The Bertz CT molecular complexity index is 1180. The van der Waals surface area contributed by atoms with E-state index in [1.165, 1.54) is 41.5 Å². The van der Waals surface area contributed by atoms with E-state index in [1.54, 1.807) is 11.3 Å². The van der Waals surface area contributed by atoms with Crippen LogP contribution in [0.25, 0.3) is 21.7 Å². The van der Waals surface area contributed by atoms with Crippen LogP contribution in [0.3, 0.4) is 0 Å². The summed E-state index contributed by atoms with van der Waals surface area (Å²) in [6.45, 7) is 2.04. The fraction of sp³-hybridized carbons (Fsp3) is 0.333. The number of fused-ring (bicyclic) bond motifs is 3. The number of anilines is 1. The zero-order chi connectivity index (χ0) is 19.8. The number of benzene rings is 1. The highest BCUT2D eigenvalue weighted by Gasteiger charge is 2.19. The number of rotatable bonds is 4. The molecule has 0 saturated carbocycles. The molecule has 8 heteroatoms. The van der Waals surface area contributed by atoms with Gasteiger partial charge in [0.1, 0.15) is 16.5 Å². The minimum Gasteiger partial charge on any atom is -0.411 e. The Balaban J connectivity index is 1.36. The minimum atomic E-state index is 0.505. The van der Waals surface area contributed by atoms with Crippen LogP contribution in [0.5, 0.6) is 0 Å². The van der Waals surface area contributed by atoms with E-state index in [4.69, 9.17) is 15.1 Å². The third-order valence-corrected chi connectivity index (χ3v) is 7.14. The van der Waals surface area contributed by atoms with Crippen LogP contribution in [-0.2, 0) is 18.6 Å². The lowest BCUT2D eigenvalue weighted by molar-refractivity contribution is 0.465. The number of nitrogen functional groups attached to an aromatic ring is 1. The molecule has 0 spiro atoms. The second kappa shape index (κ2) is 7.76. The van der Waals surface area contributed by atoms with Crippen molar-refractivity contribution in [1.82, 2.24) is 20.2 Å². The first-order valence-electron chi connectivity index (χ1n) is 9.77. The quantitative estimate of drug-likeness (QED) is 0.356. The second-order valence-corrected chi connectivity index (χ2v) is 9.31. The van der Waals surface area contributed by atoms with Gasteiger partial charge in [0.15, 0.2) is 0 Å². The topological polar surface area (TPSA) is 90.7 Å². The van der Waals surface area contributed by atoms with Crippen molar-refractivity contribution in [2.75, 3.05) is 5.73 Å². The van der Waals surface area contributed by atoms with Gasteiger partial charge in [-0.3, -0.25) is 0 Å². The molecule has 1 aromatic carbocycles. The molecule has 0 atom stereocenters. The van der Waals surface area contributed by atoms with Crippen LogP contribution < -0.4 is 5.73 Å². The highest BCUT2D eigenvalue weighted by Crippen LogP contribution is 2.37. The summed E-state index contributed by atoms with van der Waals surface area (Å²) in [6, 6.07) is 8.02. The summed E-state index contributed by atoms with van der Waals surface area (Å²) in [5.74, 6) is 2.36. The van der Waals surface area contributed by atoms with Crippen molar-refractivity contribution in [2.24, 2.45) is 0 Å². The lowest BCUT2D eigenvalue weighted by Crippen LogP contribution is -2.00. The molecule has 0 aliphatic heterocycles. The molecule has 4 aromatic rings. The van der Waals surface area contributed by atoms with Gasteiger partial charge in [-0.25, -0.2) is 9.97 Å². The van der Waals surface area contributed by atoms with Gasteiger partial charge in [0, 0.05) is 10.4 Å². The van der Waals surface area contributed by atoms with Gasteiger partial charge in [-0.15, -0.1) is 21.5 Å². The van der Waals surface area contributed by atoms with Gasteiger partial charge in [0.25, 0.3) is 5.22 Å². The molecular weight excluding hydrogens is 402 g/mol. The smallest absolute Gasteiger partial charge is 0.277 e. The number of nitrogens with two attached hydrogens (primary N) is 1. The van der Waals surface area contributed by atoms with Crippen LogP contribution in [0.1, 0.15) is 41.1 Å². The average Bonchev–Trinajstić information content (AvgIpc) is 3.25. The summed E-state index contributed by atoms with van der Waals surface area (Å²) in [7, 11) is 0. The fourth-order valence-electron chi connectivity index (χ4n) is 3.76. The van der Waals surface area contributed by atoms with E-state index in [0.717, 1.165) is 34.2 Å². The number of hydrogen-bond donors (Lipinski definition) is 1. The predicted molar refractivity (Wildman–Crippen MR) is 117 cm³/mol. The van der Waals surface area contributed by atoms with Crippen molar-refractivity contribution in [3.05, 3.63) is 46.1 Å². The number of thioether (sulfide) groups is 1. The molecule has 0 saturated heterocycles. The molecule has 1 aliphatic carbocycles. The molecule has 5 rings (SSSR count). The normalized spacial score (nSPS) is 14.1. The third kappa shape index (κ3) is 3.74. The monoisotopic (exact) mass is 423 g/mol. The van der Waals surface area contributed by atoms with E-state index in [9.17, 15) is 0 Å². The van der Waals surface area contributed by atoms with Crippen molar-refractivity contribution in [3.63, 3.8) is 0 Å². The maximum absolute atomic E-state index is 6.33. The van der Waals surface area contributed by atoms with Crippen molar-refractivity contribution >= 4 is 39.1 Å². The number of hydrogen-bond acceptors (Lipinski definition) is 8. The SMILES string of the molecule is Cc1cccc(-c2nnc(SCc3nc(N)c4c5c(sc4n3)CCCCC5)o2)c1. The molecule has 0 amide bonds. The van der Waals surface area contributed by atoms with Crippen LogP contribution in [-0.4, -0.2) is 20.2 Å². The van der Waals surface area contributed by atoms with Crippen LogP contribution in [0.15, 0.2) is 33.9 Å². The van der Waals surface area contributed by atoms with Crippen molar-refractivity contribution in [1.29, 1.82) is 0 Å². The van der Waals surface area contributed by atoms with Crippen LogP contribution in [0.2, 0.25) is 0 Å². The molecular formula is C21H21N5OS2. The minimum absolute atomic E-state index is 0.505. The molecule has 0 fully saturated rings. The third-order valence-electron chi connectivity index (χ3n) is 5.14. The lowest BCUT2D eigenvalue weighted by atomic mass is 10.1. The first-order chi connectivity index (χ1) is 14.2. The maximum Gasteiger partial charge on any atom is 0.277 e. The predicted octanol–water partition coefficient (Wildman–Crippen LogP) is 5.19. The van der Waals surface area contributed by atoms with Gasteiger partial charge in [-0.05, 0) is 50.3 Å². The summed E-state index contributed by atoms with van der Waals surface area (Å²) in [6.07, 6.45) is 5.96. The molecule has 2 N–H and O–H groups in total. The van der Waals surface area contributed by atoms with E-state index in [-0.39, 0.29) is 0 Å². The highest BCUT2D eigenvalue weighted by atomic mass is 32.2. The molecule has 0 unspecified atom stereocenters. The second-order valence-electron chi connectivity index (χ2n) is 7.30. The summed E-state index contributed by atoms with van der Waals surface area (Å²) in [5, 5.41) is 9.88. The van der Waals surface area contributed by atoms with Gasteiger partial charge in [0.05, 0.1) is 11.1 Å². The Morgan fingerprint density at radius 2 is 2.03 bits per heavy atom. The average molecular weight is 424 g/mol. The molecule has 0 bridgehead atoms. The fourth-order valence-corrected chi connectivity index (χ4v) is 5.67. The highest BCUT2D eigenvalue weighted by molar-refractivity contribution is 7.98. The summed E-state index contributed by atoms with van der Waals surface area (Å²) >= 11 is 3.21. The first kappa shape index (κ1) is 18.6. The maximum atomic E-state index is 6.33. The van der Waals surface area contributed by atoms with Gasteiger partial charge < -0.3 is 10.2 Å². The number of thiophene rings is 1. The zero-order valence-corrected chi connectivity index (χ0v) is 17.8. The molecule has 6 nitrogen and oxygen atoms in total.